The zero-order chi connectivity index (χ0) is 18.8. The first-order valence-corrected chi connectivity index (χ1v) is 10.4. The molecule has 140 valence electrons. The van der Waals surface area contributed by atoms with Crippen LogP contribution in [0.1, 0.15) is 44.7 Å². The van der Waals surface area contributed by atoms with Gasteiger partial charge in [-0.2, -0.15) is 15.5 Å². The van der Waals surface area contributed by atoms with Gasteiger partial charge in [-0.15, -0.1) is 11.8 Å². The summed E-state index contributed by atoms with van der Waals surface area (Å²) in [6, 6.07) is 4.86. The summed E-state index contributed by atoms with van der Waals surface area (Å²) in [5.41, 5.74) is 3.69. The number of aromatic nitrogens is 4. The van der Waals surface area contributed by atoms with E-state index < -0.39 is 0 Å². The molecule has 0 spiro atoms. The van der Waals surface area contributed by atoms with Crippen molar-refractivity contribution < 1.29 is 0 Å². The molecular formula is C20H24N6S. The summed E-state index contributed by atoms with van der Waals surface area (Å²) < 4.78 is 3.91. The van der Waals surface area contributed by atoms with Crippen LogP contribution in [0.2, 0.25) is 0 Å². The number of fused-ring (bicyclic) bond motifs is 1. The summed E-state index contributed by atoms with van der Waals surface area (Å²) in [5, 5.41) is 22.4. The Labute approximate surface area is 163 Å². The van der Waals surface area contributed by atoms with E-state index in [9.17, 15) is 5.26 Å². The molecule has 1 fully saturated rings. The van der Waals surface area contributed by atoms with Gasteiger partial charge in [-0.3, -0.25) is 4.68 Å². The fraction of sp³-hybridized carbons (Fsp3) is 0.450. The van der Waals surface area contributed by atoms with Crippen molar-refractivity contribution in [2.24, 2.45) is 0 Å². The van der Waals surface area contributed by atoms with Gasteiger partial charge in [0.25, 0.3) is 0 Å². The van der Waals surface area contributed by atoms with Crippen molar-refractivity contribution in [3.05, 3.63) is 36.4 Å². The summed E-state index contributed by atoms with van der Waals surface area (Å²) in [4.78, 5) is 1.10. The number of nitriles is 1. The number of nitrogens with zero attached hydrogens (tertiary/aromatic N) is 5. The molecule has 0 amide bonds. The minimum Gasteiger partial charge on any atom is -0.315 e. The molecule has 3 aromatic heterocycles. The van der Waals surface area contributed by atoms with Crippen LogP contribution in [0, 0.1) is 11.3 Å². The Hall–Kier alpha value is -2.30. The van der Waals surface area contributed by atoms with Gasteiger partial charge in [-0.05, 0) is 31.9 Å². The third-order valence-electron chi connectivity index (χ3n) is 5.18. The largest absolute Gasteiger partial charge is 0.315 e. The molecule has 0 saturated carbocycles. The van der Waals surface area contributed by atoms with Crippen molar-refractivity contribution in [1.82, 2.24) is 24.7 Å². The van der Waals surface area contributed by atoms with Crippen LogP contribution in [0.15, 0.2) is 35.7 Å². The molecule has 1 aliphatic rings. The van der Waals surface area contributed by atoms with Gasteiger partial charge < -0.3 is 5.32 Å². The van der Waals surface area contributed by atoms with E-state index in [2.05, 4.69) is 52.4 Å². The lowest BCUT2D eigenvalue weighted by molar-refractivity contribution is 0.347. The Bertz CT molecular complexity index is 976. The van der Waals surface area contributed by atoms with Gasteiger partial charge in [0.2, 0.25) is 0 Å². The number of pyridine rings is 1. The molecule has 0 aliphatic carbocycles. The Kier molecular flexibility index (Phi) is 5.19. The summed E-state index contributed by atoms with van der Waals surface area (Å²) in [6.07, 6.45) is 11.1. The second-order valence-electron chi connectivity index (χ2n) is 7.10. The van der Waals surface area contributed by atoms with E-state index >= 15 is 0 Å². The molecule has 1 N–H and O–H groups in total. The number of piperidine rings is 1. The Morgan fingerprint density at radius 2 is 2.22 bits per heavy atom. The van der Waals surface area contributed by atoms with Gasteiger partial charge in [0.1, 0.15) is 6.07 Å². The molecule has 0 aromatic carbocycles. The van der Waals surface area contributed by atoms with Crippen molar-refractivity contribution in [3.63, 3.8) is 0 Å². The molecule has 0 bridgehead atoms. The normalized spacial score (nSPS) is 18.5. The Balaban J connectivity index is 1.74. The van der Waals surface area contributed by atoms with Gasteiger partial charge in [0, 0.05) is 40.2 Å². The topological polar surface area (TPSA) is 70.9 Å². The first kappa shape index (κ1) is 18.1. The molecular weight excluding hydrogens is 356 g/mol. The molecule has 4 rings (SSSR count). The Morgan fingerprint density at radius 3 is 2.96 bits per heavy atom. The number of hydrogen-bond donors (Lipinski definition) is 1. The van der Waals surface area contributed by atoms with E-state index in [1.54, 1.807) is 18.0 Å². The SMILES string of the molecule is CC[C@@H](C)Sc1cc(-c2cnn([C@H]3CCCNC3)c2)cn2ncc(C#N)c12. The standard InChI is InChI=1S/C20H24N6S/c1-3-14(2)27-19-7-15(12-26-20(19)16(8-21)9-24-26)17-10-23-25(13-17)18-5-4-6-22-11-18/h7,9-10,12-14,18,22H,3-6,11H2,1-2H3/t14-,18+/m1/s1. The van der Waals surface area contributed by atoms with Crippen LogP contribution in [0.25, 0.3) is 16.6 Å². The van der Waals surface area contributed by atoms with Crippen molar-refractivity contribution in [1.29, 1.82) is 5.26 Å². The average molecular weight is 381 g/mol. The highest BCUT2D eigenvalue weighted by Crippen LogP contribution is 2.34. The monoisotopic (exact) mass is 380 g/mol. The van der Waals surface area contributed by atoms with Crippen LogP contribution >= 0.6 is 11.8 Å². The predicted molar refractivity (Wildman–Crippen MR) is 108 cm³/mol. The molecule has 1 aliphatic heterocycles. The zero-order valence-electron chi connectivity index (χ0n) is 15.7. The summed E-state index contributed by atoms with van der Waals surface area (Å²) in [6.45, 7) is 6.46. The van der Waals surface area contributed by atoms with Gasteiger partial charge in [0.15, 0.2) is 0 Å². The summed E-state index contributed by atoms with van der Waals surface area (Å²) >= 11 is 1.80. The summed E-state index contributed by atoms with van der Waals surface area (Å²) in [7, 11) is 0. The number of nitrogens with one attached hydrogen (secondary N) is 1. The quantitative estimate of drug-likeness (QED) is 0.680. The average Bonchev–Trinajstić information content (AvgIpc) is 3.35. The van der Waals surface area contributed by atoms with Crippen LogP contribution < -0.4 is 5.32 Å². The highest BCUT2D eigenvalue weighted by atomic mass is 32.2. The molecule has 1 saturated heterocycles. The van der Waals surface area contributed by atoms with Crippen molar-refractivity contribution in [2.45, 2.75) is 49.3 Å². The minimum atomic E-state index is 0.417. The number of thioether (sulfide) groups is 1. The molecule has 0 radical (unpaired) electrons. The fourth-order valence-corrected chi connectivity index (χ4v) is 4.57. The third-order valence-corrected chi connectivity index (χ3v) is 6.48. The lowest BCUT2D eigenvalue weighted by Gasteiger charge is -2.22. The van der Waals surface area contributed by atoms with Gasteiger partial charge in [-0.25, -0.2) is 4.52 Å². The predicted octanol–water partition coefficient (Wildman–Crippen LogP) is 3.88. The van der Waals surface area contributed by atoms with E-state index in [0.29, 0.717) is 16.9 Å². The van der Waals surface area contributed by atoms with Gasteiger partial charge in [-0.1, -0.05) is 13.8 Å². The number of rotatable bonds is 5. The Morgan fingerprint density at radius 1 is 1.33 bits per heavy atom. The molecule has 0 unspecified atom stereocenters. The minimum absolute atomic E-state index is 0.417. The molecule has 3 aromatic rings. The zero-order valence-corrected chi connectivity index (χ0v) is 16.5. The maximum Gasteiger partial charge on any atom is 0.103 e. The van der Waals surface area contributed by atoms with Crippen molar-refractivity contribution >= 4 is 17.3 Å². The van der Waals surface area contributed by atoms with Crippen LogP contribution in [-0.2, 0) is 0 Å². The molecule has 7 heteroatoms. The molecule has 2 atom stereocenters. The molecule has 27 heavy (non-hydrogen) atoms. The first-order chi connectivity index (χ1) is 13.2. The second kappa shape index (κ2) is 7.75. The first-order valence-electron chi connectivity index (χ1n) is 9.53. The fourth-order valence-electron chi connectivity index (χ4n) is 3.46. The second-order valence-corrected chi connectivity index (χ2v) is 8.58. The highest BCUT2D eigenvalue weighted by molar-refractivity contribution is 8.00. The summed E-state index contributed by atoms with van der Waals surface area (Å²) in [5.74, 6) is 0. The maximum atomic E-state index is 9.44. The van der Waals surface area contributed by atoms with E-state index in [1.807, 2.05) is 16.9 Å². The smallest absolute Gasteiger partial charge is 0.103 e. The molecule has 6 nitrogen and oxygen atoms in total. The maximum absolute atomic E-state index is 9.44. The van der Waals surface area contributed by atoms with E-state index in [-0.39, 0.29) is 0 Å². The van der Waals surface area contributed by atoms with Crippen molar-refractivity contribution in [2.75, 3.05) is 13.1 Å². The lowest BCUT2D eigenvalue weighted by atomic mass is 10.1. The van der Waals surface area contributed by atoms with Crippen LogP contribution in [0.3, 0.4) is 0 Å². The van der Waals surface area contributed by atoms with Crippen LogP contribution in [0.4, 0.5) is 0 Å². The van der Waals surface area contributed by atoms with E-state index in [0.717, 1.165) is 47.5 Å². The third kappa shape index (κ3) is 3.60. The van der Waals surface area contributed by atoms with Gasteiger partial charge >= 0.3 is 0 Å². The molecule has 4 heterocycles. The van der Waals surface area contributed by atoms with Crippen LogP contribution in [0.5, 0.6) is 0 Å². The highest BCUT2D eigenvalue weighted by Gasteiger charge is 2.18. The van der Waals surface area contributed by atoms with E-state index in [1.165, 1.54) is 6.42 Å². The van der Waals surface area contributed by atoms with Crippen molar-refractivity contribution in [3.8, 4) is 17.2 Å². The van der Waals surface area contributed by atoms with Gasteiger partial charge in [0.05, 0.1) is 29.5 Å². The lowest BCUT2D eigenvalue weighted by Crippen LogP contribution is -2.31. The number of hydrogen-bond acceptors (Lipinski definition) is 5. The van der Waals surface area contributed by atoms with Crippen LogP contribution in [-0.4, -0.2) is 37.7 Å². The van der Waals surface area contributed by atoms with E-state index in [4.69, 9.17) is 0 Å².